The summed E-state index contributed by atoms with van der Waals surface area (Å²) in [4.78, 5) is 0. The largest absolute Gasteiger partial charge is 0.469 e. The molecule has 0 saturated heterocycles. The predicted molar refractivity (Wildman–Crippen MR) is 63.4 cm³/mol. The van der Waals surface area contributed by atoms with Crippen molar-refractivity contribution in [3.63, 3.8) is 0 Å². The number of aliphatic hydroxyl groups is 1. The second kappa shape index (κ2) is 4.14. The highest BCUT2D eigenvalue weighted by Gasteiger charge is 2.16. The predicted octanol–water partition coefficient (Wildman–Crippen LogP) is 3.29. The molecule has 0 saturated carbocycles. The summed E-state index contributed by atoms with van der Waals surface area (Å²) in [5, 5.41) is 10.3. The van der Waals surface area contributed by atoms with E-state index in [1.54, 1.807) is 6.26 Å². The highest BCUT2D eigenvalue weighted by atomic mass is 16.3. The molecule has 0 fully saturated rings. The van der Waals surface area contributed by atoms with E-state index in [1.807, 2.05) is 45.0 Å². The Kier molecular flexibility index (Phi) is 2.84. The van der Waals surface area contributed by atoms with Gasteiger partial charge in [-0.1, -0.05) is 23.8 Å². The molecule has 0 aliphatic carbocycles. The maximum Gasteiger partial charge on any atom is 0.108 e. The molecule has 0 aliphatic rings. The van der Waals surface area contributed by atoms with Gasteiger partial charge < -0.3 is 9.52 Å². The zero-order valence-corrected chi connectivity index (χ0v) is 9.82. The topological polar surface area (TPSA) is 33.4 Å². The Morgan fingerprint density at radius 1 is 1.06 bits per heavy atom. The minimum Gasteiger partial charge on any atom is -0.469 e. The molecule has 1 aromatic heterocycles. The Hall–Kier alpha value is -1.54. The van der Waals surface area contributed by atoms with Crippen molar-refractivity contribution < 1.29 is 9.52 Å². The van der Waals surface area contributed by atoms with Crippen molar-refractivity contribution in [1.82, 2.24) is 0 Å². The second-order valence-corrected chi connectivity index (χ2v) is 4.19. The molecule has 1 unspecified atom stereocenters. The van der Waals surface area contributed by atoms with Gasteiger partial charge in [0.2, 0.25) is 0 Å². The van der Waals surface area contributed by atoms with Gasteiger partial charge in [-0.3, -0.25) is 0 Å². The van der Waals surface area contributed by atoms with Gasteiger partial charge in [0.25, 0.3) is 0 Å². The molecule has 16 heavy (non-hydrogen) atoms. The number of hydrogen-bond donors (Lipinski definition) is 1. The molecule has 0 aliphatic heterocycles. The van der Waals surface area contributed by atoms with Crippen LogP contribution in [0.25, 0.3) is 0 Å². The van der Waals surface area contributed by atoms with Gasteiger partial charge in [-0.05, 0) is 38.0 Å². The molecule has 0 amide bonds. The van der Waals surface area contributed by atoms with Crippen molar-refractivity contribution in [3.8, 4) is 0 Å². The first kappa shape index (κ1) is 11.0. The fourth-order valence-electron chi connectivity index (χ4n) is 1.90. The number of benzene rings is 1. The zero-order valence-electron chi connectivity index (χ0n) is 9.82. The van der Waals surface area contributed by atoms with Crippen LogP contribution in [0.2, 0.25) is 0 Å². The van der Waals surface area contributed by atoms with Gasteiger partial charge in [-0.15, -0.1) is 0 Å². The maximum absolute atomic E-state index is 10.3. The van der Waals surface area contributed by atoms with Crippen LogP contribution in [0.15, 0.2) is 34.9 Å². The third-order valence-electron chi connectivity index (χ3n) is 2.92. The van der Waals surface area contributed by atoms with Crippen molar-refractivity contribution in [2.75, 3.05) is 0 Å². The molecule has 2 nitrogen and oxygen atoms in total. The van der Waals surface area contributed by atoms with E-state index in [1.165, 1.54) is 0 Å². The van der Waals surface area contributed by atoms with E-state index >= 15 is 0 Å². The number of furan rings is 1. The third kappa shape index (κ3) is 1.89. The van der Waals surface area contributed by atoms with Crippen LogP contribution in [0.5, 0.6) is 0 Å². The normalized spacial score (nSPS) is 12.8. The van der Waals surface area contributed by atoms with Gasteiger partial charge in [0.05, 0.1) is 6.26 Å². The summed E-state index contributed by atoms with van der Waals surface area (Å²) in [5.41, 5.74) is 4.04. The monoisotopic (exact) mass is 216 g/mol. The third-order valence-corrected chi connectivity index (χ3v) is 2.92. The van der Waals surface area contributed by atoms with Crippen LogP contribution in [-0.2, 0) is 0 Å². The fraction of sp³-hybridized carbons (Fsp3) is 0.286. The summed E-state index contributed by atoms with van der Waals surface area (Å²) >= 11 is 0. The van der Waals surface area contributed by atoms with E-state index < -0.39 is 6.10 Å². The molecule has 2 rings (SSSR count). The lowest BCUT2D eigenvalue weighted by atomic mass is 9.96. The molecular formula is C14H16O2. The lowest BCUT2D eigenvalue weighted by Gasteiger charge is -2.13. The molecular weight excluding hydrogens is 200 g/mol. The lowest BCUT2D eigenvalue weighted by molar-refractivity contribution is 0.217. The molecule has 1 N–H and O–H groups in total. The van der Waals surface area contributed by atoms with Crippen LogP contribution in [0.1, 0.15) is 34.1 Å². The van der Waals surface area contributed by atoms with Crippen molar-refractivity contribution in [1.29, 1.82) is 0 Å². The van der Waals surface area contributed by atoms with E-state index in [4.69, 9.17) is 4.42 Å². The molecule has 0 radical (unpaired) electrons. The minimum atomic E-state index is -0.598. The Labute approximate surface area is 95.5 Å². The molecule has 2 heteroatoms. The molecule has 1 aromatic carbocycles. The van der Waals surface area contributed by atoms with E-state index in [0.717, 1.165) is 28.0 Å². The Morgan fingerprint density at radius 3 is 2.44 bits per heavy atom. The van der Waals surface area contributed by atoms with Gasteiger partial charge in [-0.2, -0.15) is 0 Å². The van der Waals surface area contributed by atoms with Crippen LogP contribution in [-0.4, -0.2) is 5.11 Å². The van der Waals surface area contributed by atoms with E-state index in [9.17, 15) is 5.11 Å². The minimum absolute atomic E-state index is 0.598. The van der Waals surface area contributed by atoms with Gasteiger partial charge in [0, 0.05) is 5.56 Å². The van der Waals surface area contributed by atoms with Crippen LogP contribution >= 0.6 is 0 Å². The number of aryl methyl sites for hydroxylation is 3. The summed E-state index contributed by atoms with van der Waals surface area (Å²) in [7, 11) is 0. The molecule has 0 spiro atoms. The zero-order chi connectivity index (χ0) is 11.7. The number of hydrogen-bond acceptors (Lipinski definition) is 2. The second-order valence-electron chi connectivity index (χ2n) is 4.19. The average Bonchev–Trinajstić information content (AvgIpc) is 2.67. The average molecular weight is 216 g/mol. The highest BCUT2D eigenvalue weighted by Crippen LogP contribution is 2.28. The Morgan fingerprint density at radius 2 is 1.81 bits per heavy atom. The summed E-state index contributed by atoms with van der Waals surface area (Å²) in [6, 6.07) is 7.92. The number of rotatable bonds is 2. The van der Waals surface area contributed by atoms with Crippen molar-refractivity contribution in [2.24, 2.45) is 0 Å². The van der Waals surface area contributed by atoms with Crippen molar-refractivity contribution >= 4 is 0 Å². The van der Waals surface area contributed by atoms with E-state index in [0.29, 0.717) is 0 Å². The van der Waals surface area contributed by atoms with Crippen molar-refractivity contribution in [3.05, 3.63) is 58.5 Å². The van der Waals surface area contributed by atoms with Crippen LogP contribution in [0, 0.1) is 20.8 Å². The van der Waals surface area contributed by atoms with Crippen molar-refractivity contribution in [2.45, 2.75) is 26.9 Å². The summed E-state index contributed by atoms with van der Waals surface area (Å²) in [5.74, 6) is 0.772. The smallest absolute Gasteiger partial charge is 0.108 e. The molecule has 0 bridgehead atoms. The van der Waals surface area contributed by atoms with E-state index in [-0.39, 0.29) is 0 Å². The summed E-state index contributed by atoms with van der Waals surface area (Å²) in [6.07, 6.45) is 1.01. The fourth-order valence-corrected chi connectivity index (χ4v) is 1.90. The summed E-state index contributed by atoms with van der Waals surface area (Å²) < 4.78 is 5.22. The molecule has 1 atom stereocenters. The first-order valence-electron chi connectivity index (χ1n) is 5.39. The molecule has 84 valence electrons. The van der Waals surface area contributed by atoms with Crippen LogP contribution in [0.4, 0.5) is 0 Å². The number of aliphatic hydroxyl groups excluding tert-OH is 1. The quantitative estimate of drug-likeness (QED) is 0.835. The first-order chi connectivity index (χ1) is 7.59. The van der Waals surface area contributed by atoms with Gasteiger partial charge in [0.1, 0.15) is 11.9 Å². The molecule has 2 aromatic rings. The molecule has 1 heterocycles. The first-order valence-corrected chi connectivity index (χ1v) is 5.39. The van der Waals surface area contributed by atoms with Crippen LogP contribution < -0.4 is 0 Å². The summed E-state index contributed by atoms with van der Waals surface area (Å²) in [6.45, 7) is 5.90. The van der Waals surface area contributed by atoms with Crippen LogP contribution in [0.3, 0.4) is 0 Å². The lowest BCUT2D eigenvalue weighted by Crippen LogP contribution is -2.02. The highest BCUT2D eigenvalue weighted by molar-refractivity contribution is 5.38. The Bertz CT molecular complexity index is 497. The standard InChI is InChI=1S/C14H16O2/c1-9-4-5-10(2)13(8-9)14(15)12-6-7-16-11(12)3/h4-8,14-15H,1-3H3. The SMILES string of the molecule is Cc1ccc(C)c(C(O)c2ccoc2C)c1. The van der Waals surface area contributed by atoms with Gasteiger partial charge in [0.15, 0.2) is 0 Å². The van der Waals surface area contributed by atoms with E-state index in [2.05, 4.69) is 0 Å². The Balaban J connectivity index is 2.45. The maximum atomic E-state index is 10.3. The van der Waals surface area contributed by atoms with Gasteiger partial charge in [-0.25, -0.2) is 0 Å². The van der Waals surface area contributed by atoms with Gasteiger partial charge >= 0.3 is 0 Å².